The summed E-state index contributed by atoms with van der Waals surface area (Å²) in [6.45, 7) is 3.90. The summed E-state index contributed by atoms with van der Waals surface area (Å²) in [6, 6.07) is 6.04. The van der Waals surface area contributed by atoms with E-state index in [0.29, 0.717) is 32.0 Å². The van der Waals surface area contributed by atoms with Crippen molar-refractivity contribution in [2.75, 3.05) is 33.3 Å². The molecule has 1 aromatic carbocycles. The Hall–Kier alpha value is -2.15. The Morgan fingerprint density at radius 3 is 2.90 bits per heavy atom. The molecule has 21 heavy (non-hydrogen) atoms. The number of likely N-dealkylation sites (N-methyl/N-ethyl adjacent to an activating group) is 1. The van der Waals surface area contributed by atoms with Gasteiger partial charge in [-0.15, -0.1) is 0 Å². The summed E-state index contributed by atoms with van der Waals surface area (Å²) in [5.41, 5.74) is -0.000187. The van der Waals surface area contributed by atoms with E-state index in [1.165, 1.54) is 12.1 Å². The summed E-state index contributed by atoms with van der Waals surface area (Å²) in [5.74, 6) is 0.433. The van der Waals surface area contributed by atoms with Crippen LogP contribution < -0.4 is 10.1 Å². The molecule has 0 spiro atoms. The Labute approximate surface area is 124 Å². The van der Waals surface area contributed by atoms with E-state index in [-0.39, 0.29) is 11.6 Å². The van der Waals surface area contributed by atoms with Gasteiger partial charge in [0.05, 0.1) is 17.5 Å². The number of benzene rings is 1. The minimum Gasteiger partial charge on any atom is -0.492 e. The third-order valence-electron chi connectivity index (χ3n) is 2.76. The van der Waals surface area contributed by atoms with Gasteiger partial charge >= 0.3 is 0 Å². The Bertz CT molecular complexity index is 479. The van der Waals surface area contributed by atoms with Crippen molar-refractivity contribution >= 4 is 11.6 Å². The molecule has 1 N–H and O–H groups in total. The quantitative estimate of drug-likeness (QED) is 0.550. The van der Waals surface area contributed by atoms with E-state index in [1.54, 1.807) is 12.1 Å². The number of nitrogens with one attached hydrogen (secondary N) is 1. The second-order valence-electron chi connectivity index (χ2n) is 4.69. The van der Waals surface area contributed by atoms with Gasteiger partial charge in [0.2, 0.25) is 5.91 Å². The number of carbonyl (C=O) groups excluding carboxylic acids is 1. The minimum absolute atomic E-state index is 0.000187. The number of carbonyl (C=O) groups is 1. The molecule has 1 amide bonds. The van der Waals surface area contributed by atoms with E-state index in [9.17, 15) is 14.9 Å². The first-order valence-corrected chi connectivity index (χ1v) is 6.85. The van der Waals surface area contributed by atoms with Crippen LogP contribution in [-0.2, 0) is 4.79 Å². The Balaban J connectivity index is 2.31. The summed E-state index contributed by atoms with van der Waals surface area (Å²) in [7, 11) is 1.82. The summed E-state index contributed by atoms with van der Waals surface area (Å²) in [5, 5.41) is 13.4. The van der Waals surface area contributed by atoms with Gasteiger partial charge in [-0.05, 0) is 19.5 Å². The summed E-state index contributed by atoms with van der Waals surface area (Å²) >= 11 is 0. The zero-order valence-electron chi connectivity index (χ0n) is 12.4. The van der Waals surface area contributed by atoms with Gasteiger partial charge in [0, 0.05) is 19.2 Å². The van der Waals surface area contributed by atoms with Crippen LogP contribution in [0.3, 0.4) is 0 Å². The molecule has 0 aliphatic rings. The third kappa shape index (κ3) is 6.71. The van der Waals surface area contributed by atoms with Gasteiger partial charge in [0.1, 0.15) is 12.4 Å². The molecule has 0 atom stereocenters. The van der Waals surface area contributed by atoms with Crippen LogP contribution in [0.15, 0.2) is 24.3 Å². The van der Waals surface area contributed by atoms with Crippen molar-refractivity contribution < 1.29 is 14.5 Å². The highest BCUT2D eigenvalue weighted by atomic mass is 16.6. The molecule has 0 heterocycles. The predicted octanol–water partition coefficient (Wildman–Crippen LogP) is 1.43. The van der Waals surface area contributed by atoms with E-state index < -0.39 is 4.92 Å². The summed E-state index contributed by atoms with van der Waals surface area (Å²) in [6.07, 6.45) is 0.908. The van der Waals surface area contributed by atoms with Gasteiger partial charge in [-0.25, -0.2) is 0 Å². The fourth-order valence-electron chi connectivity index (χ4n) is 1.65. The molecule has 7 heteroatoms. The summed E-state index contributed by atoms with van der Waals surface area (Å²) < 4.78 is 5.45. The standard InChI is InChI=1S/C14H21N3O4/c1-3-7-15-14(18)11-16(2)8-9-21-13-6-4-5-12(10-13)17(19)20/h4-6,10H,3,7-9,11H2,1-2H3,(H,15,18). The molecular weight excluding hydrogens is 274 g/mol. The van der Waals surface area contributed by atoms with Crippen LogP contribution in [0.25, 0.3) is 0 Å². The van der Waals surface area contributed by atoms with Gasteiger partial charge in [0.15, 0.2) is 0 Å². The average Bonchev–Trinajstić information content (AvgIpc) is 2.45. The van der Waals surface area contributed by atoms with E-state index in [2.05, 4.69) is 5.32 Å². The molecule has 7 nitrogen and oxygen atoms in total. The first kappa shape index (κ1) is 16.9. The number of nitro groups is 1. The van der Waals surface area contributed by atoms with Crippen LogP contribution in [0, 0.1) is 10.1 Å². The lowest BCUT2D eigenvalue weighted by molar-refractivity contribution is -0.384. The fraction of sp³-hybridized carbons (Fsp3) is 0.500. The Morgan fingerprint density at radius 2 is 2.24 bits per heavy atom. The van der Waals surface area contributed by atoms with Crippen molar-refractivity contribution in [3.05, 3.63) is 34.4 Å². The fourth-order valence-corrected chi connectivity index (χ4v) is 1.65. The number of non-ortho nitro benzene ring substituents is 1. The zero-order chi connectivity index (χ0) is 15.7. The van der Waals surface area contributed by atoms with Gasteiger partial charge < -0.3 is 10.1 Å². The number of nitro benzene ring substituents is 1. The SMILES string of the molecule is CCCNC(=O)CN(C)CCOc1cccc([N+](=O)[O-])c1. The molecule has 0 aliphatic heterocycles. The van der Waals surface area contributed by atoms with Crippen molar-refractivity contribution in [2.24, 2.45) is 0 Å². The highest BCUT2D eigenvalue weighted by Gasteiger charge is 2.08. The molecule has 0 aliphatic carbocycles. The number of amides is 1. The maximum absolute atomic E-state index is 11.5. The van der Waals surface area contributed by atoms with Crippen molar-refractivity contribution in [2.45, 2.75) is 13.3 Å². The normalized spacial score (nSPS) is 10.4. The highest BCUT2D eigenvalue weighted by molar-refractivity contribution is 5.77. The number of hydrogen-bond acceptors (Lipinski definition) is 5. The Morgan fingerprint density at radius 1 is 1.48 bits per heavy atom. The first-order chi connectivity index (χ1) is 10.0. The predicted molar refractivity (Wildman–Crippen MR) is 79.4 cm³/mol. The topological polar surface area (TPSA) is 84.7 Å². The van der Waals surface area contributed by atoms with Crippen LogP contribution in [-0.4, -0.2) is 49.0 Å². The first-order valence-electron chi connectivity index (χ1n) is 6.85. The van der Waals surface area contributed by atoms with Gasteiger partial charge in [0.25, 0.3) is 5.69 Å². The second-order valence-corrected chi connectivity index (χ2v) is 4.69. The summed E-state index contributed by atoms with van der Waals surface area (Å²) in [4.78, 5) is 23.5. The van der Waals surface area contributed by atoms with Crippen LogP contribution >= 0.6 is 0 Å². The highest BCUT2D eigenvalue weighted by Crippen LogP contribution is 2.18. The second kappa shape index (κ2) is 8.91. The number of hydrogen-bond donors (Lipinski definition) is 1. The van der Waals surface area contributed by atoms with E-state index in [4.69, 9.17) is 4.74 Å². The molecule has 0 radical (unpaired) electrons. The number of nitrogens with zero attached hydrogens (tertiary/aromatic N) is 2. The molecule has 1 aromatic rings. The van der Waals surface area contributed by atoms with Gasteiger partial charge in [-0.3, -0.25) is 19.8 Å². The Kier molecular flexibility index (Phi) is 7.17. The maximum Gasteiger partial charge on any atom is 0.273 e. The lowest BCUT2D eigenvalue weighted by Crippen LogP contribution is -2.37. The third-order valence-corrected chi connectivity index (χ3v) is 2.76. The van der Waals surface area contributed by atoms with Crippen LogP contribution in [0.1, 0.15) is 13.3 Å². The van der Waals surface area contributed by atoms with E-state index in [1.807, 2.05) is 18.9 Å². The zero-order valence-corrected chi connectivity index (χ0v) is 12.4. The van der Waals surface area contributed by atoms with Crippen molar-refractivity contribution in [3.63, 3.8) is 0 Å². The number of ether oxygens (including phenoxy) is 1. The molecule has 0 saturated heterocycles. The minimum atomic E-state index is -0.461. The molecule has 0 fully saturated rings. The molecule has 0 bridgehead atoms. The number of rotatable bonds is 9. The molecule has 0 aromatic heterocycles. The van der Waals surface area contributed by atoms with Crippen molar-refractivity contribution in [1.82, 2.24) is 10.2 Å². The maximum atomic E-state index is 11.5. The molecular formula is C14H21N3O4. The molecule has 0 saturated carbocycles. The molecule has 0 unspecified atom stereocenters. The van der Waals surface area contributed by atoms with Crippen LogP contribution in [0.2, 0.25) is 0 Å². The van der Waals surface area contributed by atoms with Crippen molar-refractivity contribution in [3.8, 4) is 5.75 Å². The smallest absolute Gasteiger partial charge is 0.273 e. The molecule has 1 rings (SSSR count). The van der Waals surface area contributed by atoms with Crippen LogP contribution in [0.5, 0.6) is 5.75 Å². The largest absolute Gasteiger partial charge is 0.492 e. The van der Waals surface area contributed by atoms with Crippen molar-refractivity contribution in [1.29, 1.82) is 0 Å². The monoisotopic (exact) mass is 295 g/mol. The van der Waals surface area contributed by atoms with E-state index in [0.717, 1.165) is 6.42 Å². The average molecular weight is 295 g/mol. The lowest BCUT2D eigenvalue weighted by atomic mass is 10.3. The molecule has 116 valence electrons. The van der Waals surface area contributed by atoms with E-state index >= 15 is 0 Å². The lowest BCUT2D eigenvalue weighted by Gasteiger charge is -2.16. The van der Waals surface area contributed by atoms with Gasteiger partial charge in [-0.2, -0.15) is 0 Å². The van der Waals surface area contributed by atoms with Crippen LogP contribution in [0.4, 0.5) is 5.69 Å². The van der Waals surface area contributed by atoms with Gasteiger partial charge in [-0.1, -0.05) is 13.0 Å².